The Bertz CT molecular complexity index is 568. The molecule has 0 N–H and O–H groups in total. The van der Waals surface area contributed by atoms with Gasteiger partial charge in [0.2, 0.25) is 0 Å². The van der Waals surface area contributed by atoms with E-state index >= 15 is 0 Å². The second kappa shape index (κ2) is 4.99. The summed E-state index contributed by atoms with van der Waals surface area (Å²) in [4.78, 5) is 12.8. The molecule has 1 spiro atoms. The van der Waals surface area contributed by atoms with Crippen LogP contribution in [0.3, 0.4) is 0 Å². The number of hydrogen-bond acceptors (Lipinski definition) is 4. The molecule has 0 aromatic rings. The smallest absolute Gasteiger partial charge is 0.144 e. The van der Waals surface area contributed by atoms with Gasteiger partial charge in [-0.15, -0.1) is 0 Å². The van der Waals surface area contributed by atoms with Gasteiger partial charge < -0.3 is 14.2 Å². The number of ether oxygens (including phenoxy) is 3. The van der Waals surface area contributed by atoms with Crippen molar-refractivity contribution in [2.45, 2.75) is 61.6 Å². The van der Waals surface area contributed by atoms with E-state index in [9.17, 15) is 4.79 Å². The number of Topliss-reactive ketones (excluding diaryl/α,β-unsaturated/α-hetero) is 1. The normalized spacial score (nSPS) is 47.4. The van der Waals surface area contributed by atoms with Gasteiger partial charge in [-0.1, -0.05) is 11.6 Å². The fourth-order valence-electron chi connectivity index (χ4n) is 4.23. The van der Waals surface area contributed by atoms with Crippen molar-refractivity contribution in [1.29, 1.82) is 0 Å². The number of rotatable bonds is 4. The summed E-state index contributed by atoms with van der Waals surface area (Å²) in [5, 5.41) is -1.56. The highest BCUT2D eigenvalue weighted by molar-refractivity contribution is 6.55. The van der Waals surface area contributed by atoms with E-state index in [1.807, 2.05) is 20.8 Å². The molecule has 0 amide bonds. The van der Waals surface area contributed by atoms with Crippen molar-refractivity contribution in [3.05, 3.63) is 11.6 Å². The molecule has 118 valence electrons. The molecule has 7 heteroatoms. The summed E-state index contributed by atoms with van der Waals surface area (Å²) in [5.74, 6) is -0.952. The van der Waals surface area contributed by atoms with Crippen LogP contribution in [0.1, 0.15) is 33.6 Å². The van der Waals surface area contributed by atoms with Gasteiger partial charge in [0.25, 0.3) is 0 Å². The monoisotopic (exact) mass is 310 g/mol. The molecule has 5 atom stereocenters. The Kier molecular flexibility index (Phi) is 3.76. The van der Waals surface area contributed by atoms with Gasteiger partial charge in [-0.25, -0.2) is 0 Å². The van der Waals surface area contributed by atoms with Crippen molar-refractivity contribution in [3.8, 4) is 0 Å². The average molecular weight is 310 g/mol. The number of carbonyl (C=O) groups is 1. The molecule has 1 saturated carbocycles. The summed E-state index contributed by atoms with van der Waals surface area (Å²) < 4.78 is 17.1. The zero-order valence-electron chi connectivity index (χ0n) is 14.2. The summed E-state index contributed by atoms with van der Waals surface area (Å²) in [6, 6.07) is 0. The van der Waals surface area contributed by atoms with Crippen LogP contribution in [0.25, 0.3) is 0 Å². The van der Waals surface area contributed by atoms with Gasteiger partial charge in [0, 0.05) is 13.0 Å². The SMILES string of the molecule is [B]C1([B])C[C@]2(CO2)[C@@H](C2(C)O[C@@H]2CC=C(C)C)[C@]([B])(OC)C1=O. The zero-order chi connectivity index (χ0) is 17.3. The number of carbonyl (C=O) groups excluding carboxylic acids is 1. The van der Waals surface area contributed by atoms with Crippen molar-refractivity contribution in [3.63, 3.8) is 0 Å². The van der Waals surface area contributed by atoms with Crippen LogP contribution in [0.15, 0.2) is 11.6 Å². The first-order valence-corrected chi connectivity index (χ1v) is 7.94. The topological polar surface area (TPSA) is 51.4 Å². The van der Waals surface area contributed by atoms with Gasteiger partial charge in [-0.05, 0) is 38.8 Å². The molecule has 2 saturated heterocycles. The number of allylic oxidation sites excluding steroid dienone is 1. The van der Waals surface area contributed by atoms with E-state index in [1.165, 1.54) is 12.7 Å². The minimum absolute atomic E-state index is 0.0302. The summed E-state index contributed by atoms with van der Waals surface area (Å²) in [6.07, 6.45) is 3.07. The molecule has 1 aliphatic carbocycles. The molecule has 0 aromatic carbocycles. The largest absolute Gasteiger partial charge is 0.380 e. The van der Waals surface area contributed by atoms with Crippen molar-refractivity contribution < 1.29 is 19.0 Å². The van der Waals surface area contributed by atoms with Crippen LogP contribution in [0.2, 0.25) is 5.21 Å². The predicted octanol–water partition coefficient (Wildman–Crippen LogP) is 0.823. The predicted molar refractivity (Wildman–Crippen MR) is 88.8 cm³/mol. The molecule has 6 radical (unpaired) electrons. The molecular formula is C16H21B3O4. The third-order valence-electron chi connectivity index (χ3n) is 5.47. The number of epoxide rings is 2. The molecule has 2 heterocycles. The van der Waals surface area contributed by atoms with Crippen molar-refractivity contribution in [2.24, 2.45) is 5.92 Å². The van der Waals surface area contributed by atoms with E-state index in [0.29, 0.717) is 6.61 Å². The number of methoxy groups -OCH3 is 1. The molecular weight excluding hydrogens is 289 g/mol. The molecule has 3 aliphatic rings. The van der Waals surface area contributed by atoms with Gasteiger partial charge >= 0.3 is 0 Å². The molecule has 0 aromatic heterocycles. The summed E-state index contributed by atoms with van der Waals surface area (Å²) in [5.41, 5.74) is -1.66. The Morgan fingerprint density at radius 3 is 2.48 bits per heavy atom. The first kappa shape index (κ1) is 17.3. The van der Waals surface area contributed by atoms with E-state index in [0.717, 1.165) is 6.42 Å². The fourth-order valence-corrected chi connectivity index (χ4v) is 4.23. The summed E-state index contributed by atoms with van der Waals surface area (Å²) in [7, 11) is 19.7. The van der Waals surface area contributed by atoms with E-state index < -0.39 is 33.6 Å². The first-order valence-electron chi connectivity index (χ1n) is 7.94. The molecule has 3 rings (SSSR count). The Balaban J connectivity index is 1.94. The lowest BCUT2D eigenvalue weighted by Crippen LogP contribution is -2.66. The highest BCUT2D eigenvalue weighted by Crippen LogP contribution is 2.64. The van der Waals surface area contributed by atoms with Crippen LogP contribution < -0.4 is 0 Å². The van der Waals surface area contributed by atoms with Crippen LogP contribution in [0.4, 0.5) is 0 Å². The van der Waals surface area contributed by atoms with Crippen LogP contribution in [0.5, 0.6) is 0 Å². The standard InChI is InChI=1S/C16H21B3O4/c1-9(2)5-6-10-13(3,23-10)11-14(8-22-14)7-15(17,18)12(20)16(11,19)21-4/h5,10-11H,6-8H2,1-4H3/t10-,11-,13?,14+,16+/m1/s1. The minimum atomic E-state index is -1.62. The highest BCUT2D eigenvalue weighted by Gasteiger charge is 2.77. The van der Waals surface area contributed by atoms with Gasteiger partial charge in [0.05, 0.1) is 39.5 Å². The second-order valence-corrected chi connectivity index (χ2v) is 7.64. The first-order chi connectivity index (χ1) is 10.5. The average Bonchev–Trinajstić information content (AvgIpc) is 3.33. The molecule has 3 fully saturated rings. The quantitative estimate of drug-likeness (QED) is 0.438. The third kappa shape index (κ3) is 2.47. The Labute approximate surface area is 141 Å². The lowest BCUT2D eigenvalue weighted by molar-refractivity contribution is -0.151. The van der Waals surface area contributed by atoms with Gasteiger partial charge in [-0.3, -0.25) is 4.79 Å². The number of ketones is 1. The Hall–Kier alpha value is -0.515. The second-order valence-electron chi connectivity index (χ2n) is 7.64. The van der Waals surface area contributed by atoms with Gasteiger partial charge in [0.1, 0.15) is 19.2 Å². The molecule has 1 unspecified atom stereocenters. The fraction of sp³-hybridized carbons (Fsp3) is 0.812. The zero-order valence-corrected chi connectivity index (χ0v) is 14.2. The summed E-state index contributed by atoms with van der Waals surface area (Å²) in [6.45, 7) is 6.49. The van der Waals surface area contributed by atoms with Crippen LogP contribution >= 0.6 is 0 Å². The molecule has 0 bridgehead atoms. The Morgan fingerprint density at radius 1 is 1.39 bits per heavy atom. The van der Waals surface area contributed by atoms with E-state index in [2.05, 4.69) is 6.08 Å². The maximum atomic E-state index is 12.8. The van der Waals surface area contributed by atoms with Crippen molar-refractivity contribution in [2.75, 3.05) is 13.7 Å². The van der Waals surface area contributed by atoms with E-state index in [1.54, 1.807) is 0 Å². The van der Waals surface area contributed by atoms with Crippen molar-refractivity contribution >= 4 is 29.3 Å². The third-order valence-corrected chi connectivity index (χ3v) is 5.47. The lowest BCUT2D eigenvalue weighted by atomic mass is 9.37. The van der Waals surface area contributed by atoms with Crippen molar-refractivity contribution in [1.82, 2.24) is 0 Å². The van der Waals surface area contributed by atoms with Gasteiger partial charge in [-0.2, -0.15) is 0 Å². The number of hydrogen-bond donors (Lipinski definition) is 0. The van der Waals surface area contributed by atoms with E-state index in [4.69, 9.17) is 37.7 Å². The Morgan fingerprint density at radius 2 is 2.00 bits per heavy atom. The highest BCUT2D eigenvalue weighted by atomic mass is 16.6. The molecule has 2 aliphatic heterocycles. The van der Waals surface area contributed by atoms with Crippen LogP contribution in [-0.2, 0) is 19.0 Å². The van der Waals surface area contributed by atoms with Crippen LogP contribution in [0, 0.1) is 5.92 Å². The maximum Gasteiger partial charge on any atom is 0.144 e. The molecule has 4 nitrogen and oxygen atoms in total. The summed E-state index contributed by atoms with van der Waals surface area (Å²) >= 11 is 0. The minimum Gasteiger partial charge on any atom is -0.380 e. The van der Waals surface area contributed by atoms with Gasteiger partial charge in [0.15, 0.2) is 0 Å². The maximum absolute atomic E-state index is 12.8. The molecule has 23 heavy (non-hydrogen) atoms. The van der Waals surface area contributed by atoms with E-state index in [-0.39, 0.29) is 12.5 Å². The van der Waals surface area contributed by atoms with Crippen LogP contribution in [-0.4, -0.2) is 65.8 Å². The lowest BCUT2D eigenvalue weighted by Gasteiger charge is -2.51.